The lowest BCUT2D eigenvalue weighted by Gasteiger charge is -2.40. The third-order valence-corrected chi connectivity index (χ3v) is 6.89. The predicted molar refractivity (Wildman–Crippen MR) is 140 cm³/mol. The van der Waals surface area contributed by atoms with Crippen LogP contribution in [0.3, 0.4) is 0 Å². The second-order valence-electron chi connectivity index (χ2n) is 9.64. The zero-order chi connectivity index (χ0) is 25.8. The highest BCUT2D eigenvalue weighted by Crippen LogP contribution is 2.34. The molecule has 2 bridgehead atoms. The van der Waals surface area contributed by atoms with E-state index in [2.05, 4.69) is 10.2 Å². The summed E-state index contributed by atoms with van der Waals surface area (Å²) >= 11 is 6.29. The van der Waals surface area contributed by atoms with E-state index in [0.717, 1.165) is 38.0 Å². The molecule has 2 aliphatic rings. The van der Waals surface area contributed by atoms with Crippen molar-refractivity contribution in [3.05, 3.63) is 64.4 Å². The van der Waals surface area contributed by atoms with E-state index < -0.39 is 0 Å². The fourth-order valence-corrected chi connectivity index (χ4v) is 5.26. The smallest absolute Gasteiger partial charge is 0.247 e. The molecule has 2 saturated heterocycles. The Balaban J connectivity index is 1.46. The van der Waals surface area contributed by atoms with Gasteiger partial charge >= 0.3 is 0 Å². The van der Waals surface area contributed by atoms with Gasteiger partial charge in [-0.25, -0.2) is 4.39 Å². The van der Waals surface area contributed by atoms with Gasteiger partial charge in [0.25, 0.3) is 0 Å². The summed E-state index contributed by atoms with van der Waals surface area (Å²) in [6, 6.07) is 10.2. The van der Waals surface area contributed by atoms with Crippen LogP contribution in [-0.4, -0.2) is 79.4 Å². The Morgan fingerprint density at radius 1 is 1.17 bits per heavy atom. The lowest BCUT2D eigenvalue weighted by Crippen LogP contribution is -2.55. The number of hydrogen-bond acceptors (Lipinski definition) is 5. The van der Waals surface area contributed by atoms with Crippen LogP contribution in [0.5, 0.6) is 5.75 Å². The summed E-state index contributed by atoms with van der Waals surface area (Å²) < 4.78 is 18.6. The third kappa shape index (κ3) is 6.24. The zero-order valence-corrected chi connectivity index (χ0v) is 21.6. The van der Waals surface area contributed by atoms with Crippen molar-refractivity contribution in [3.8, 4) is 5.75 Å². The number of nitrogens with one attached hydrogen (secondary N) is 1. The lowest BCUT2D eigenvalue weighted by atomic mass is 10.1. The van der Waals surface area contributed by atoms with E-state index in [1.165, 1.54) is 19.2 Å². The van der Waals surface area contributed by atoms with Gasteiger partial charge in [-0.15, -0.1) is 0 Å². The Kier molecular flexibility index (Phi) is 8.28. The van der Waals surface area contributed by atoms with Crippen molar-refractivity contribution in [1.29, 1.82) is 0 Å². The molecule has 2 atom stereocenters. The molecule has 0 spiro atoms. The second kappa shape index (κ2) is 11.4. The van der Waals surface area contributed by atoms with Crippen molar-refractivity contribution >= 4 is 35.2 Å². The first-order valence-corrected chi connectivity index (χ1v) is 12.4. The minimum absolute atomic E-state index is 0.0524. The first-order valence-electron chi connectivity index (χ1n) is 12.0. The van der Waals surface area contributed by atoms with Crippen LogP contribution in [-0.2, 0) is 16.1 Å². The van der Waals surface area contributed by atoms with Gasteiger partial charge in [0.1, 0.15) is 11.6 Å². The van der Waals surface area contributed by atoms with Gasteiger partial charge in [-0.2, -0.15) is 0 Å². The number of carbonyl (C=O) groups is 2. The highest BCUT2D eigenvalue weighted by molar-refractivity contribution is 6.32. The van der Waals surface area contributed by atoms with Gasteiger partial charge < -0.3 is 19.9 Å². The average molecular weight is 515 g/mol. The number of ether oxygens (including phenoxy) is 1. The molecule has 2 aromatic rings. The van der Waals surface area contributed by atoms with Gasteiger partial charge in [-0.05, 0) is 62.8 Å². The molecule has 2 fully saturated rings. The Morgan fingerprint density at radius 3 is 2.44 bits per heavy atom. The van der Waals surface area contributed by atoms with Crippen molar-refractivity contribution < 1.29 is 18.7 Å². The van der Waals surface area contributed by atoms with Crippen LogP contribution in [0.2, 0.25) is 5.02 Å². The number of halogens is 2. The normalized spacial score (nSPS) is 19.8. The fraction of sp³-hybridized carbons (Fsp3) is 0.407. The van der Waals surface area contributed by atoms with Crippen LogP contribution >= 0.6 is 11.6 Å². The molecule has 1 N–H and O–H groups in total. The Morgan fingerprint density at radius 2 is 1.83 bits per heavy atom. The summed E-state index contributed by atoms with van der Waals surface area (Å²) in [5.41, 5.74) is 2.22. The van der Waals surface area contributed by atoms with Crippen molar-refractivity contribution in [2.45, 2.75) is 31.5 Å². The van der Waals surface area contributed by atoms with Gasteiger partial charge in [-0.1, -0.05) is 23.7 Å². The highest BCUT2D eigenvalue weighted by Gasteiger charge is 2.41. The maximum atomic E-state index is 13.3. The molecule has 9 heteroatoms. The van der Waals surface area contributed by atoms with Gasteiger partial charge in [-0.3, -0.25) is 14.5 Å². The lowest BCUT2D eigenvalue weighted by molar-refractivity contribution is -0.131. The quantitative estimate of drug-likeness (QED) is 0.542. The standard InChI is InChI=1S/C27H32ClFN4O3/c1-31(2)17-26(34)30-24-13-23(28)25(36-3)12-19(24)6-11-27(35)33-21-9-10-22(33)16-32(15-21)14-18-4-7-20(29)8-5-18/h4-8,11-13,21-22H,9-10,14-17H2,1-3H3,(H,30,34). The molecule has 0 aromatic heterocycles. The fourth-order valence-electron chi connectivity index (χ4n) is 5.02. The number of piperazine rings is 1. The Bertz CT molecular complexity index is 1120. The largest absolute Gasteiger partial charge is 0.495 e. The number of likely N-dealkylation sites (N-methyl/N-ethyl adjacent to an activating group) is 1. The Hall–Kier alpha value is -2.94. The summed E-state index contributed by atoms with van der Waals surface area (Å²) in [6.45, 7) is 2.53. The molecular formula is C27H32ClFN4O3. The van der Waals surface area contributed by atoms with Crippen LogP contribution in [0.15, 0.2) is 42.5 Å². The van der Waals surface area contributed by atoms with Gasteiger partial charge in [0.2, 0.25) is 11.8 Å². The molecule has 2 amide bonds. The second-order valence-corrected chi connectivity index (χ2v) is 10.1. The van der Waals surface area contributed by atoms with E-state index in [-0.39, 0.29) is 36.3 Å². The van der Waals surface area contributed by atoms with Crippen molar-refractivity contribution in [2.75, 3.05) is 46.2 Å². The first-order chi connectivity index (χ1) is 17.2. The minimum atomic E-state index is -0.236. The molecule has 2 aromatic carbocycles. The van der Waals surface area contributed by atoms with Crippen LogP contribution < -0.4 is 10.1 Å². The number of likely N-dealkylation sites (tertiary alicyclic amines) is 1. The number of hydrogen-bond donors (Lipinski definition) is 1. The number of amides is 2. The summed E-state index contributed by atoms with van der Waals surface area (Å²) in [5.74, 6) is -0.00967. The van der Waals surface area contributed by atoms with Gasteiger partial charge in [0, 0.05) is 49.0 Å². The van der Waals surface area contributed by atoms with Gasteiger partial charge in [0.15, 0.2) is 0 Å². The van der Waals surface area contributed by atoms with Crippen LogP contribution in [0.4, 0.5) is 10.1 Å². The summed E-state index contributed by atoms with van der Waals surface area (Å²) in [7, 11) is 5.15. The third-order valence-electron chi connectivity index (χ3n) is 6.60. The molecular weight excluding hydrogens is 483 g/mol. The first kappa shape index (κ1) is 26.1. The molecule has 2 aliphatic heterocycles. The van der Waals surface area contributed by atoms with Crippen LogP contribution in [0.25, 0.3) is 6.08 Å². The zero-order valence-electron chi connectivity index (χ0n) is 20.8. The molecule has 0 radical (unpaired) electrons. The molecule has 2 heterocycles. The van der Waals surface area contributed by atoms with Crippen molar-refractivity contribution in [3.63, 3.8) is 0 Å². The van der Waals surface area contributed by atoms with E-state index in [1.54, 1.807) is 29.2 Å². The van der Waals surface area contributed by atoms with E-state index in [1.807, 2.05) is 31.1 Å². The summed E-state index contributed by atoms with van der Waals surface area (Å²) in [6.07, 6.45) is 5.19. The van der Waals surface area contributed by atoms with Gasteiger partial charge in [0.05, 0.1) is 18.7 Å². The van der Waals surface area contributed by atoms with Crippen molar-refractivity contribution in [2.24, 2.45) is 0 Å². The predicted octanol–water partition coefficient (Wildman–Crippen LogP) is 3.88. The molecule has 7 nitrogen and oxygen atoms in total. The number of methoxy groups -OCH3 is 1. The average Bonchev–Trinajstić information content (AvgIpc) is 3.09. The SMILES string of the molecule is COc1cc(C=CC(=O)N2C3CCC2CN(Cc2ccc(F)cc2)C3)c(NC(=O)CN(C)C)cc1Cl. The van der Waals surface area contributed by atoms with Crippen LogP contribution in [0.1, 0.15) is 24.0 Å². The molecule has 2 unspecified atom stereocenters. The number of rotatable bonds is 8. The number of fused-ring (bicyclic) bond motifs is 2. The molecule has 192 valence electrons. The van der Waals surface area contributed by atoms with E-state index in [9.17, 15) is 14.0 Å². The molecule has 36 heavy (non-hydrogen) atoms. The van der Waals surface area contributed by atoms with E-state index in [4.69, 9.17) is 16.3 Å². The topological polar surface area (TPSA) is 65.1 Å². The number of nitrogens with zero attached hydrogens (tertiary/aromatic N) is 3. The van der Waals surface area contributed by atoms with E-state index >= 15 is 0 Å². The van der Waals surface area contributed by atoms with Crippen LogP contribution in [0, 0.1) is 5.82 Å². The highest BCUT2D eigenvalue weighted by atomic mass is 35.5. The number of anilines is 1. The Labute approximate surface area is 216 Å². The molecule has 0 saturated carbocycles. The minimum Gasteiger partial charge on any atom is -0.495 e. The van der Waals surface area contributed by atoms with Crippen molar-refractivity contribution in [1.82, 2.24) is 14.7 Å². The number of benzene rings is 2. The monoisotopic (exact) mass is 514 g/mol. The molecule has 0 aliphatic carbocycles. The summed E-state index contributed by atoms with van der Waals surface area (Å²) in [5, 5.41) is 3.24. The number of carbonyl (C=O) groups excluding carboxylic acids is 2. The molecule has 4 rings (SSSR count). The van der Waals surface area contributed by atoms with E-state index in [0.29, 0.717) is 22.0 Å². The maximum absolute atomic E-state index is 13.3. The maximum Gasteiger partial charge on any atom is 0.247 e. The summed E-state index contributed by atoms with van der Waals surface area (Å²) in [4.78, 5) is 31.7.